The summed E-state index contributed by atoms with van der Waals surface area (Å²) in [7, 11) is 0. The molecule has 1 saturated carbocycles. The van der Waals surface area contributed by atoms with Crippen LogP contribution in [0.25, 0.3) is 0 Å². The SMILES string of the molecule is CC1OCC2CCCC2O1. The van der Waals surface area contributed by atoms with Crippen molar-refractivity contribution in [1.82, 2.24) is 0 Å². The van der Waals surface area contributed by atoms with Crippen molar-refractivity contribution >= 4 is 0 Å². The van der Waals surface area contributed by atoms with E-state index in [0.717, 1.165) is 6.61 Å². The zero-order valence-corrected chi connectivity index (χ0v) is 6.38. The van der Waals surface area contributed by atoms with E-state index < -0.39 is 0 Å². The molecule has 0 aromatic rings. The van der Waals surface area contributed by atoms with Crippen molar-refractivity contribution in [3.05, 3.63) is 0 Å². The molecule has 2 rings (SSSR count). The van der Waals surface area contributed by atoms with Gasteiger partial charge in [-0.1, -0.05) is 6.42 Å². The second-order valence-electron chi connectivity index (χ2n) is 3.27. The van der Waals surface area contributed by atoms with Gasteiger partial charge in [-0.25, -0.2) is 0 Å². The lowest BCUT2D eigenvalue weighted by atomic mass is 10.1. The normalized spacial score (nSPS) is 47.1. The van der Waals surface area contributed by atoms with Crippen LogP contribution in [0.15, 0.2) is 0 Å². The van der Waals surface area contributed by atoms with Gasteiger partial charge in [0.25, 0.3) is 0 Å². The highest BCUT2D eigenvalue weighted by Gasteiger charge is 2.33. The van der Waals surface area contributed by atoms with Gasteiger partial charge in [-0.2, -0.15) is 0 Å². The lowest BCUT2D eigenvalue weighted by molar-refractivity contribution is -0.219. The summed E-state index contributed by atoms with van der Waals surface area (Å²) >= 11 is 0. The van der Waals surface area contributed by atoms with Crippen molar-refractivity contribution in [3.63, 3.8) is 0 Å². The van der Waals surface area contributed by atoms with Crippen molar-refractivity contribution in [2.24, 2.45) is 5.92 Å². The van der Waals surface area contributed by atoms with Crippen LogP contribution in [0.1, 0.15) is 26.2 Å². The fraction of sp³-hybridized carbons (Fsp3) is 1.00. The third kappa shape index (κ3) is 1.06. The summed E-state index contributed by atoms with van der Waals surface area (Å²) in [6.07, 6.45) is 4.43. The molecule has 3 atom stereocenters. The van der Waals surface area contributed by atoms with Gasteiger partial charge in [0.1, 0.15) is 0 Å². The molecule has 0 aromatic heterocycles. The number of hydrogen-bond donors (Lipinski definition) is 0. The van der Waals surface area contributed by atoms with Gasteiger partial charge in [0, 0.05) is 5.92 Å². The van der Waals surface area contributed by atoms with Gasteiger partial charge in [-0.05, 0) is 19.8 Å². The molecule has 58 valence electrons. The van der Waals surface area contributed by atoms with E-state index in [1.165, 1.54) is 19.3 Å². The molecule has 2 nitrogen and oxygen atoms in total. The van der Waals surface area contributed by atoms with E-state index in [0.29, 0.717) is 12.0 Å². The molecule has 3 unspecified atom stereocenters. The van der Waals surface area contributed by atoms with Gasteiger partial charge in [0.15, 0.2) is 6.29 Å². The fourth-order valence-corrected chi connectivity index (χ4v) is 1.92. The van der Waals surface area contributed by atoms with Crippen LogP contribution in [0.4, 0.5) is 0 Å². The Morgan fingerprint density at radius 3 is 3.10 bits per heavy atom. The van der Waals surface area contributed by atoms with E-state index in [1.54, 1.807) is 0 Å². The highest BCUT2D eigenvalue weighted by Crippen LogP contribution is 2.32. The Hall–Kier alpha value is -0.0800. The summed E-state index contributed by atoms with van der Waals surface area (Å²) in [5.74, 6) is 0.705. The molecule has 0 N–H and O–H groups in total. The van der Waals surface area contributed by atoms with Crippen molar-refractivity contribution in [2.45, 2.75) is 38.6 Å². The molecule has 0 radical (unpaired) electrons. The van der Waals surface area contributed by atoms with Gasteiger partial charge in [-0.15, -0.1) is 0 Å². The molecule has 0 aromatic carbocycles. The summed E-state index contributed by atoms with van der Waals surface area (Å²) in [6.45, 7) is 2.90. The largest absolute Gasteiger partial charge is 0.353 e. The zero-order valence-electron chi connectivity index (χ0n) is 6.38. The Morgan fingerprint density at radius 1 is 1.30 bits per heavy atom. The maximum absolute atomic E-state index is 5.59. The molecule has 1 aliphatic carbocycles. The number of rotatable bonds is 0. The van der Waals surface area contributed by atoms with E-state index in [1.807, 2.05) is 6.92 Å². The van der Waals surface area contributed by atoms with Crippen LogP contribution in [-0.2, 0) is 9.47 Å². The summed E-state index contributed by atoms with van der Waals surface area (Å²) in [6, 6.07) is 0. The quantitative estimate of drug-likeness (QED) is 0.511. The van der Waals surface area contributed by atoms with Gasteiger partial charge in [0.05, 0.1) is 12.7 Å². The van der Waals surface area contributed by atoms with E-state index in [9.17, 15) is 0 Å². The van der Waals surface area contributed by atoms with E-state index >= 15 is 0 Å². The van der Waals surface area contributed by atoms with E-state index in [2.05, 4.69) is 0 Å². The third-order valence-electron chi connectivity index (χ3n) is 2.50. The third-order valence-corrected chi connectivity index (χ3v) is 2.50. The molecule has 0 amide bonds. The average Bonchev–Trinajstić information content (AvgIpc) is 2.33. The van der Waals surface area contributed by atoms with Crippen LogP contribution >= 0.6 is 0 Å². The first kappa shape index (κ1) is 6.62. The predicted molar refractivity (Wildman–Crippen MR) is 37.6 cm³/mol. The Bertz CT molecular complexity index is 124. The fourth-order valence-electron chi connectivity index (χ4n) is 1.92. The summed E-state index contributed by atoms with van der Waals surface area (Å²) < 4.78 is 11.0. The Labute approximate surface area is 61.5 Å². The van der Waals surface area contributed by atoms with Crippen LogP contribution in [0, 0.1) is 5.92 Å². The lowest BCUT2D eigenvalue weighted by Gasteiger charge is -2.30. The lowest BCUT2D eigenvalue weighted by Crippen LogP contribution is -2.35. The first-order chi connectivity index (χ1) is 4.86. The van der Waals surface area contributed by atoms with Crippen LogP contribution in [0.2, 0.25) is 0 Å². The van der Waals surface area contributed by atoms with E-state index in [-0.39, 0.29) is 6.29 Å². The monoisotopic (exact) mass is 142 g/mol. The van der Waals surface area contributed by atoms with Gasteiger partial charge in [-0.3, -0.25) is 0 Å². The van der Waals surface area contributed by atoms with Gasteiger partial charge in [0.2, 0.25) is 0 Å². The minimum atomic E-state index is 0.0411. The topological polar surface area (TPSA) is 18.5 Å². The molecule has 2 fully saturated rings. The number of ether oxygens (including phenoxy) is 2. The molecule has 0 bridgehead atoms. The van der Waals surface area contributed by atoms with Crippen molar-refractivity contribution in [2.75, 3.05) is 6.61 Å². The Balaban J connectivity index is 1.96. The maximum atomic E-state index is 5.59. The summed E-state index contributed by atoms with van der Waals surface area (Å²) in [5.41, 5.74) is 0. The second-order valence-corrected chi connectivity index (χ2v) is 3.27. The van der Waals surface area contributed by atoms with Crippen molar-refractivity contribution in [1.29, 1.82) is 0 Å². The highest BCUT2D eigenvalue weighted by atomic mass is 16.7. The standard InChI is InChI=1S/C8H14O2/c1-6-9-5-7-3-2-4-8(7)10-6/h6-8H,2-5H2,1H3. The molecule has 10 heavy (non-hydrogen) atoms. The molecule has 1 aliphatic heterocycles. The van der Waals surface area contributed by atoms with Gasteiger partial charge >= 0.3 is 0 Å². The average molecular weight is 142 g/mol. The van der Waals surface area contributed by atoms with Crippen molar-refractivity contribution < 1.29 is 9.47 Å². The maximum Gasteiger partial charge on any atom is 0.155 e. The Morgan fingerprint density at radius 2 is 2.20 bits per heavy atom. The van der Waals surface area contributed by atoms with E-state index in [4.69, 9.17) is 9.47 Å². The minimum absolute atomic E-state index is 0.0411. The molecular weight excluding hydrogens is 128 g/mol. The van der Waals surface area contributed by atoms with Crippen LogP contribution < -0.4 is 0 Å². The van der Waals surface area contributed by atoms with Crippen molar-refractivity contribution in [3.8, 4) is 0 Å². The van der Waals surface area contributed by atoms with Gasteiger partial charge < -0.3 is 9.47 Å². The highest BCUT2D eigenvalue weighted by molar-refractivity contribution is 4.80. The molecule has 2 aliphatic rings. The number of fused-ring (bicyclic) bond motifs is 1. The smallest absolute Gasteiger partial charge is 0.155 e. The molecular formula is C8H14O2. The molecule has 2 heteroatoms. The van der Waals surface area contributed by atoms with Crippen LogP contribution in [0.3, 0.4) is 0 Å². The molecule has 1 heterocycles. The van der Waals surface area contributed by atoms with Crippen LogP contribution in [-0.4, -0.2) is 19.0 Å². The first-order valence-electron chi connectivity index (χ1n) is 4.13. The second kappa shape index (κ2) is 2.51. The summed E-state index contributed by atoms with van der Waals surface area (Å²) in [4.78, 5) is 0. The molecule has 0 spiro atoms. The van der Waals surface area contributed by atoms with Crippen LogP contribution in [0.5, 0.6) is 0 Å². The zero-order chi connectivity index (χ0) is 6.97. The Kier molecular flexibility index (Phi) is 1.66. The summed E-state index contributed by atoms with van der Waals surface area (Å²) in [5, 5.41) is 0. The molecule has 1 saturated heterocycles. The minimum Gasteiger partial charge on any atom is -0.353 e. The predicted octanol–water partition coefficient (Wildman–Crippen LogP) is 1.55. The number of hydrogen-bond acceptors (Lipinski definition) is 2. The first-order valence-corrected chi connectivity index (χ1v) is 4.13.